The molecule has 0 bridgehead atoms. The lowest BCUT2D eigenvalue weighted by atomic mass is 9.85. The minimum atomic E-state index is -0.268. The van der Waals surface area contributed by atoms with E-state index in [9.17, 15) is 4.79 Å². The standard InChI is InChI=1S/C16H28O2/c1-7-8-9-16(18-14(17)12(2)3)11-15(5,6)10-13(16)4/h13H,2,7-11H2,1,3-6H3. The molecule has 104 valence electrons. The number of unbranched alkanes of at least 4 members (excludes halogenated alkanes) is 1. The van der Waals surface area contributed by atoms with E-state index >= 15 is 0 Å². The largest absolute Gasteiger partial charge is 0.455 e. The van der Waals surface area contributed by atoms with Gasteiger partial charge < -0.3 is 4.74 Å². The molecule has 2 atom stereocenters. The van der Waals surface area contributed by atoms with E-state index in [1.165, 1.54) is 0 Å². The van der Waals surface area contributed by atoms with Gasteiger partial charge in [-0.25, -0.2) is 4.79 Å². The highest BCUT2D eigenvalue weighted by Gasteiger charge is 2.50. The molecule has 0 aromatic heterocycles. The molecule has 0 aromatic carbocycles. The van der Waals surface area contributed by atoms with Crippen molar-refractivity contribution in [3.63, 3.8) is 0 Å². The van der Waals surface area contributed by atoms with Gasteiger partial charge in [-0.05, 0) is 43.9 Å². The molecule has 2 heteroatoms. The van der Waals surface area contributed by atoms with Gasteiger partial charge >= 0.3 is 5.97 Å². The van der Waals surface area contributed by atoms with E-state index in [1.807, 2.05) is 0 Å². The minimum Gasteiger partial charge on any atom is -0.455 e. The van der Waals surface area contributed by atoms with Crippen LogP contribution in [0.25, 0.3) is 0 Å². The first-order valence-corrected chi connectivity index (χ1v) is 7.11. The molecule has 2 unspecified atom stereocenters. The lowest BCUT2D eigenvalue weighted by Crippen LogP contribution is -2.38. The van der Waals surface area contributed by atoms with Crippen LogP contribution in [0.2, 0.25) is 0 Å². The second-order valence-electron chi connectivity index (χ2n) is 6.78. The second-order valence-corrected chi connectivity index (χ2v) is 6.78. The van der Waals surface area contributed by atoms with Gasteiger partial charge in [0.05, 0.1) is 0 Å². The zero-order valence-corrected chi connectivity index (χ0v) is 12.6. The Labute approximate surface area is 112 Å². The van der Waals surface area contributed by atoms with Crippen LogP contribution >= 0.6 is 0 Å². The minimum absolute atomic E-state index is 0.226. The first-order valence-electron chi connectivity index (χ1n) is 7.11. The molecular formula is C16H28O2. The van der Waals surface area contributed by atoms with E-state index in [0.717, 1.165) is 32.1 Å². The smallest absolute Gasteiger partial charge is 0.333 e. The number of hydrogen-bond acceptors (Lipinski definition) is 2. The van der Waals surface area contributed by atoms with Gasteiger partial charge in [0.15, 0.2) is 0 Å². The molecule has 1 rings (SSSR count). The Morgan fingerprint density at radius 2 is 2.06 bits per heavy atom. The summed E-state index contributed by atoms with van der Waals surface area (Å²) in [4.78, 5) is 11.9. The van der Waals surface area contributed by atoms with Crippen molar-refractivity contribution in [3.8, 4) is 0 Å². The van der Waals surface area contributed by atoms with Crippen LogP contribution in [-0.2, 0) is 9.53 Å². The van der Waals surface area contributed by atoms with Crippen molar-refractivity contribution >= 4 is 5.97 Å². The molecular weight excluding hydrogens is 224 g/mol. The Morgan fingerprint density at radius 3 is 2.44 bits per heavy atom. The molecule has 2 nitrogen and oxygen atoms in total. The third-order valence-corrected chi connectivity index (χ3v) is 4.13. The fraction of sp³-hybridized carbons (Fsp3) is 0.812. The van der Waals surface area contributed by atoms with Crippen molar-refractivity contribution < 1.29 is 9.53 Å². The number of hydrogen-bond donors (Lipinski definition) is 0. The molecule has 1 fully saturated rings. The Balaban J connectivity index is 2.89. The summed E-state index contributed by atoms with van der Waals surface area (Å²) in [7, 11) is 0. The van der Waals surface area contributed by atoms with Crippen molar-refractivity contribution in [1.82, 2.24) is 0 Å². The molecule has 0 aromatic rings. The van der Waals surface area contributed by atoms with Crippen molar-refractivity contribution in [1.29, 1.82) is 0 Å². The molecule has 0 saturated heterocycles. The molecule has 18 heavy (non-hydrogen) atoms. The predicted molar refractivity (Wildman–Crippen MR) is 75.3 cm³/mol. The first-order chi connectivity index (χ1) is 8.22. The maximum atomic E-state index is 11.9. The summed E-state index contributed by atoms with van der Waals surface area (Å²) in [5.74, 6) is 0.206. The summed E-state index contributed by atoms with van der Waals surface area (Å²) in [5, 5.41) is 0. The second kappa shape index (κ2) is 5.46. The van der Waals surface area contributed by atoms with E-state index in [1.54, 1.807) is 6.92 Å². The molecule has 0 spiro atoms. The summed E-state index contributed by atoms with van der Waals surface area (Å²) < 4.78 is 5.87. The Kier molecular flexibility index (Phi) is 4.63. The maximum absolute atomic E-state index is 11.9. The molecule has 0 heterocycles. The average molecular weight is 252 g/mol. The van der Waals surface area contributed by atoms with Crippen LogP contribution in [0, 0.1) is 11.3 Å². The highest BCUT2D eigenvalue weighted by atomic mass is 16.6. The third kappa shape index (κ3) is 3.37. The Hall–Kier alpha value is -0.790. The van der Waals surface area contributed by atoms with Crippen molar-refractivity contribution in [3.05, 3.63) is 12.2 Å². The van der Waals surface area contributed by atoms with Crippen molar-refractivity contribution in [2.45, 2.75) is 72.3 Å². The lowest BCUT2D eigenvalue weighted by molar-refractivity contribution is -0.160. The van der Waals surface area contributed by atoms with Gasteiger partial charge in [0.1, 0.15) is 5.60 Å². The van der Waals surface area contributed by atoms with Crippen LogP contribution in [0.4, 0.5) is 0 Å². The van der Waals surface area contributed by atoms with E-state index in [-0.39, 0.29) is 17.0 Å². The number of carbonyl (C=O) groups excluding carboxylic acids is 1. The summed E-state index contributed by atoms with van der Waals surface area (Å²) in [6.07, 6.45) is 5.33. The molecule has 1 aliphatic carbocycles. The highest BCUT2D eigenvalue weighted by molar-refractivity contribution is 5.87. The number of ether oxygens (including phenoxy) is 1. The van der Waals surface area contributed by atoms with Crippen LogP contribution < -0.4 is 0 Å². The molecule has 1 saturated carbocycles. The molecule has 1 aliphatic rings. The SMILES string of the molecule is C=C(C)C(=O)OC1(CCCC)CC(C)(C)CC1C. The summed E-state index contributed by atoms with van der Waals surface area (Å²) in [5.41, 5.74) is 0.501. The van der Waals surface area contributed by atoms with Crippen LogP contribution in [0.1, 0.15) is 66.7 Å². The monoisotopic (exact) mass is 252 g/mol. The molecule has 0 N–H and O–H groups in total. The first kappa shape index (κ1) is 15.3. The normalized spacial score (nSPS) is 30.2. The van der Waals surface area contributed by atoms with E-state index in [4.69, 9.17) is 4.74 Å². The quantitative estimate of drug-likeness (QED) is 0.532. The van der Waals surface area contributed by atoms with Gasteiger partial charge in [-0.2, -0.15) is 0 Å². The fourth-order valence-corrected chi connectivity index (χ4v) is 3.34. The van der Waals surface area contributed by atoms with Gasteiger partial charge in [0.2, 0.25) is 0 Å². The van der Waals surface area contributed by atoms with Crippen LogP contribution in [0.3, 0.4) is 0 Å². The van der Waals surface area contributed by atoms with E-state index < -0.39 is 0 Å². The van der Waals surface area contributed by atoms with E-state index in [2.05, 4.69) is 34.3 Å². The maximum Gasteiger partial charge on any atom is 0.333 e. The lowest BCUT2D eigenvalue weighted by Gasteiger charge is -2.34. The topological polar surface area (TPSA) is 26.3 Å². The van der Waals surface area contributed by atoms with Crippen LogP contribution in [-0.4, -0.2) is 11.6 Å². The summed E-state index contributed by atoms with van der Waals surface area (Å²) in [6, 6.07) is 0. The molecule has 0 aliphatic heterocycles. The number of rotatable bonds is 5. The summed E-state index contributed by atoms with van der Waals surface area (Å²) in [6.45, 7) is 14.4. The van der Waals surface area contributed by atoms with Gasteiger partial charge in [-0.15, -0.1) is 0 Å². The van der Waals surface area contributed by atoms with Crippen LogP contribution in [0.15, 0.2) is 12.2 Å². The predicted octanol–water partition coefficient (Wildman–Crippen LogP) is 4.49. The average Bonchev–Trinajstić information content (AvgIpc) is 2.45. The van der Waals surface area contributed by atoms with Gasteiger partial charge in [-0.1, -0.05) is 40.7 Å². The zero-order chi connectivity index (χ0) is 14.0. The number of esters is 1. The fourth-order valence-electron chi connectivity index (χ4n) is 3.34. The van der Waals surface area contributed by atoms with Crippen molar-refractivity contribution in [2.24, 2.45) is 11.3 Å². The highest BCUT2D eigenvalue weighted by Crippen LogP contribution is 2.51. The Morgan fingerprint density at radius 1 is 1.44 bits per heavy atom. The van der Waals surface area contributed by atoms with Gasteiger partial charge in [-0.3, -0.25) is 0 Å². The summed E-state index contributed by atoms with van der Waals surface area (Å²) >= 11 is 0. The van der Waals surface area contributed by atoms with E-state index in [0.29, 0.717) is 11.5 Å². The van der Waals surface area contributed by atoms with Crippen molar-refractivity contribution in [2.75, 3.05) is 0 Å². The zero-order valence-electron chi connectivity index (χ0n) is 12.6. The van der Waals surface area contributed by atoms with Gasteiger partial charge in [0, 0.05) is 5.57 Å². The third-order valence-electron chi connectivity index (χ3n) is 4.13. The van der Waals surface area contributed by atoms with Gasteiger partial charge in [0.25, 0.3) is 0 Å². The number of carbonyl (C=O) groups is 1. The molecule has 0 radical (unpaired) electrons. The Bertz CT molecular complexity index is 330. The molecule has 0 amide bonds. The van der Waals surface area contributed by atoms with Crippen LogP contribution in [0.5, 0.6) is 0 Å².